The van der Waals surface area contributed by atoms with Gasteiger partial charge in [-0.3, -0.25) is 4.79 Å². The summed E-state index contributed by atoms with van der Waals surface area (Å²) in [5.74, 6) is -0.0166. The molecule has 1 aliphatic rings. The Hall–Kier alpha value is -2.50. The van der Waals surface area contributed by atoms with Crippen molar-refractivity contribution in [1.82, 2.24) is 4.98 Å². The smallest absolute Gasteiger partial charge is 0.224 e. The summed E-state index contributed by atoms with van der Waals surface area (Å²) < 4.78 is 5.42. The Labute approximate surface area is 163 Å². The van der Waals surface area contributed by atoms with Gasteiger partial charge in [0.2, 0.25) is 5.91 Å². The Morgan fingerprint density at radius 1 is 1.19 bits per heavy atom. The molecule has 1 amide bonds. The van der Waals surface area contributed by atoms with E-state index in [9.17, 15) is 4.79 Å². The molecule has 4 rings (SSSR count). The van der Waals surface area contributed by atoms with Crippen molar-refractivity contribution in [1.29, 1.82) is 0 Å². The first-order valence-corrected chi connectivity index (χ1v) is 9.55. The van der Waals surface area contributed by atoms with E-state index in [2.05, 4.69) is 21.3 Å². The summed E-state index contributed by atoms with van der Waals surface area (Å²) in [5, 5.41) is 4.82. The molecular weight excluding hydrogens is 362 g/mol. The number of anilines is 2. The number of carbonyl (C=O) groups excluding carboxylic acids is 1. The highest BCUT2D eigenvalue weighted by atomic mass is 35.5. The quantitative estimate of drug-likeness (QED) is 0.693. The van der Waals surface area contributed by atoms with Crippen molar-refractivity contribution < 1.29 is 9.53 Å². The molecule has 0 saturated carbocycles. The molecule has 1 saturated heterocycles. The number of fused-ring (bicyclic) bond motifs is 1. The van der Waals surface area contributed by atoms with E-state index >= 15 is 0 Å². The van der Waals surface area contributed by atoms with Crippen LogP contribution >= 0.6 is 11.6 Å². The third kappa shape index (κ3) is 4.10. The molecule has 6 heteroatoms. The summed E-state index contributed by atoms with van der Waals surface area (Å²) in [5.41, 5.74) is 3.99. The van der Waals surface area contributed by atoms with Gasteiger partial charge in [-0.05, 0) is 36.2 Å². The predicted octanol–water partition coefficient (Wildman–Crippen LogP) is 4.23. The number of hydrogen-bond donors (Lipinski definition) is 2. The van der Waals surface area contributed by atoms with Gasteiger partial charge >= 0.3 is 0 Å². The number of aromatic nitrogens is 1. The third-order valence-corrected chi connectivity index (χ3v) is 5.12. The number of benzene rings is 2. The van der Waals surface area contributed by atoms with Crippen molar-refractivity contribution in [2.75, 3.05) is 36.5 Å². The number of hydrogen-bond acceptors (Lipinski definition) is 3. The number of halogens is 1. The number of H-pyrrole nitrogens is 1. The monoisotopic (exact) mass is 383 g/mol. The van der Waals surface area contributed by atoms with E-state index < -0.39 is 0 Å². The number of para-hydroxylation sites is 1. The molecule has 1 aliphatic heterocycles. The molecule has 0 atom stereocenters. The Morgan fingerprint density at radius 3 is 2.85 bits per heavy atom. The molecule has 0 unspecified atom stereocenters. The molecule has 140 valence electrons. The van der Waals surface area contributed by atoms with Crippen LogP contribution in [0.25, 0.3) is 10.9 Å². The minimum Gasteiger partial charge on any atom is -0.378 e. The zero-order valence-corrected chi connectivity index (χ0v) is 15.8. The molecule has 1 aromatic heterocycles. The average Bonchev–Trinajstić information content (AvgIpc) is 3.10. The highest BCUT2D eigenvalue weighted by Gasteiger charge is 2.17. The van der Waals surface area contributed by atoms with Crippen molar-refractivity contribution in [3.8, 4) is 0 Å². The van der Waals surface area contributed by atoms with Crippen LogP contribution < -0.4 is 10.2 Å². The number of amides is 1. The summed E-state index contributed by atoms with van der Waals surface area (Å²) in [4.78, 5) is 18.1. The Balaban J connectivity index is 1.45. The zero-order chi connectivity index (χ0) is 18.6. The number of ether oxygens (including phenoxy) is 1. The molecule has 27 heavy (non-hydrogen) atoms. The Bertz CT molecular complexity index is 948. The van der Waals surface area contributed by atoms with E-state index in [1.807, 2.05) is 42.6 Å². The molecule has 5 nitrogen and oxygen atoms in total. The Kier molecular flexibility index (Phi) is 5.32. The highest BCUT2D eigenvalue weighted by Crippen LogP contribution is 2.30. The number of aromatic amines is 1. The second-order valence-corrected chi connectivity index (χ2v) is 7.11. The number of rotatable bonds is 5. The molecule has 0 radical (unpaired) electrons. The first kappa shape index (κ1) is 17.9. The van der Waals surface area contributed by atoms with Crippen molar-refractivity contribution in [2.45, 2.75) is 12.8 Å². The molecular formula is C21H22ClN3O2. The molecule has 2 aromatic carbocycles. The standard InChI is InChI=1S/C21H22ClN3O2/c22-16-6-7-20(25-9-11-27-12-10-25)19(13-16)24-21(26)8-5-15-14-23-18-4-2-1-3-17(15)18/h1-4,6-7,13-14,23H,5,8-12H2,(H,24,26). The maximum absolute atomic E-state index is 12.6. The van der Waals surface area contributed by atoms with Crippen LogP contribution in [0.15, 0.2) is 48.7 Å². The van der Waals surface area contributed by atoms with E-state index in [1.54, 1.807) is 0 Å². The molecule has 1 fully saturated rings. The first-order chi connectivity index (χ1) is 13.2. The number of aryl methyl sites for hydroxylation is 1. The van der Waals surface area contributed by atoms with Gasteiger partial charge in [0.05, 0.1) is 24.6 Å². The minimum absolute atomic E-state index is 0.0166. The lowest BCUT2D eigenvalue weighted by Crippen LogP contribution is -2.36. The van der Waals surface area contributed by atoms with E-state index in [0.29, 0.717) is 31.1 Å². The lowest BCUT2D eigenvalue weighted by Gasteiger charge is -2.30. The number of nitrogens with one attached hydrogen (secondary N) is 2. The normalized spacial score (nSPS) is 14.5. The van der Waals surface area contributed by atoms with Gasteiger partial charge in [-0.25, -0.2) is 0 Å². The highest BCUT2D eigenvalue weighted by molar-refractivity contribution is 6.31. The van der Waals surface area contributed by atoms with E-state index in [0.717, 1.165) is 35.5 Å². The van der Waals surface area contributed by atoms with Crippen LogP contribution in [-0.4, -0.2) is 37.2 Å². The molecule has 2 heterocycles. The van der Waals surface area contributed by atoms with Gasteiger partial charge in [-0.1, -0.05) is 29.8 Å². The van der Waals surface area contributed by atoms with Crippen molar-refractivity contribution >= 4 is 39.8 Å². The van der Waals surface area contributed by atoms with Crippen LogP contribution in [-0.2, 0) is 16.0 Å². The second kappa shape index (κ2) is 8.03. The van der Waals surface area contributed by atoms with Gasteiger partial charge in [0.1, 0.15) is 0 Å². The van der Waals surface area contributed by atoms with Gasteiger partial charge in [-0.2, -0.15) is 0 Å². The number of carbonyl (C=O) groups is 1. The lowest BCUT2D eigenvalue weighted by atomic mass is 10.1. The average molecular weight is 384 g/mol. The molecule has 0 bridgehead atoms. The summed E-state index contributed by atoms with van der Waals surface area (Å²) in [6, 6.07) is 13.8. The van der Waals surface area contributed by atoms with Gasteiger partial charge < -0.3 is 19.9 Å². The topological polar surface area (TPSA) is 57.4 Å². The first-order valence-electron chi connectivity index (χ1n) is 9.18. The molecule has 2 N–H and O–H groups in total. The van der Waals surface area contributed by atoms with Crippen molar-refractivity contribution in [2.24, 2.45) is 0 Å². The van der Waals surface area contributed by atoms with Gasteiger partial charge in [-0.15, -0.1) is 0 Å². The van der Waals surface area contributed by atoms with Crippen LogP contribution in [0.3, 0.4) is 0 Å². The van der Waals surface area contributed by atoms with Gasteiger partial charge in [0.15, 0.2) is 0 Å². The fourth-order valence-corrected chi connectivity index (χ4v) is 3.66. The van der Waals surface area contributed by atoms with Crippen LogP contribution in [0, 0.1) is 0 Å². The largest absolute Gasteiger partial charge is 0.378 e. The predicted molar refractivity (Wildman–Crippen MR) is 110 cm³/mol. The van der Waals surface area contributed by atoms with Gasteiger partial charge in [0, 0.05) is 41.6 Å². The maximum atomic E-state index is 12.6. The molecule has 0 aliphatic carbocycles. The zero-order valence-electron chi connectivity index (χ0n) is 15.0. The van der Waals surface area contributed by atoms with Crippen LogP contribution in [0.4, 0.5) is 11.4 Å². The summed E-state index contributed by atoms with van der Waals surface area (Å²) in [7, 11) is 0. The number of nitrogens with zero attached hydrogens (tertiary/aromatic N) is 1. The second-order valence-electron chi connectivity index (χ2n) is 6.67. The van der Waals surface area contributed by atoms with Crippen LogP contribution in [0.5, 0.6) is 0 Å². The van der Waals surface area contributed by atoms with Crippen molar-refractivity contribution in [3.63, 3.8) is 0 Å². The summed E-state index contributed by atoms with van der Waals surface area (Å²) >= 11 is 6.16. The third-order valence-electron chi connectivity index (χ3n) is 4.88. The van der Waals surface area contributed by atoms with E-state index in [1.165, 1.54) is 5.39 Å². The molecule has 0 spiro atoms. The van der Waals surface area contributed by atoms with E-state index in [-0.39, 0.29) is 5.91 Å². The SMILES string of the molecule is O=C(CCc1c[nH]c2ccccc12)Nc1cc(Cl)ccc1N1CCOCC1. The van der Waals surface area contributed by atoms with Crippen LogP contribution in [0.2, 0.25) is 5.02 Å². The number of morpholine rings is 1. The minimum atomic E-state index is -0.0166. The summed E-state index contributed by atoms with van der Waals surface area (Å²) in [6.45, 7) is 2.99. The fraction of sp³-hybridized carbons (Fsp3) is 0.286. The van der Waals surface area contributed by atoms with Gasteiger partial charge in [0.25, 0.3) is 0 Å². The fourth-order valence-electron chi connectivity index (χ4n) is 3.49. The summed E-state index contributed by atoms with van der Waals surface area (Å²) in [6.07, 6.45) is 3.08. The maximum Gasteiger partial charge on any atom is 0.224 e. The lowest BCUT2D eigenvalue weighted by molar-refractivity contribution is -0.116. The molecule has 3 aromatic rings. The van der Waals surface area contributed by atoms with Crippen LogP contribution in [0.1, 0.15) is 12.0 Å². The Morgan fingerprint density at radius 2 is 2.00 bits per heavy atom. The van der Waals surface area contributed by atoms with E-state index in [4.69, 9.17) is 16.3 Å². The van der Waals surface area contributed by atoms with Crippen molar-refractivity contribution in [3.05, 3.63) is 59.2 Å².